The number of benzene rings is 1. The standard InChI is InChI=1S/C19H24O3/c1-18-13-4-3-5-15(18)16(11-10-13)19(18,21)14-8-6-12(7-9-14)17(20)22-2/h6-9,13,15-16,21H,3-5,10-11H2,1-2H3. The van der Waals surface area contributed by atoms with Crippen molar-refractivity contribution in [3.05, 3.63) is 35.4 Å². The van der Waals surface area contributed by atoms with Crippen molar-refractivity contribution in [3.63, 3.8) is 0 Å². The smallest absolute Gasteiger partial charge is 0.337 e. The van der Waals surface area contributed by atoms with E-state index < -0.39 is 5.60 Å². The molecule has 3 nitrogen and oxygen atoms in total. The maximum Gasteiger partial charge on any atom is 0.337 e. The summed E-state index contributed by atoms with van der Waals surface area (Å²) in [5.41, 5.74) is 0.830. The van der Waals surface area contributed by atoms with E-state index in [9.17, 15) is 9.90 Å². The molecule has 5 atom stereocenters. The second-order valence-electron chi connectivity index (χ2n) is 7.54. The molecule has 0 saturated heterocycles. The fourth-order valence-corrected chi connectivity index (χ4v) is 6.03. The third-order valence-electron chi connectivity index (χ3n) is 7.10. The third-order valence-corrected chi connectivity index (χ3v) is 7.10. The van der Waals surface area contributed by atoms with E-state index in [2.05, 4.69) is 6.92 Å². The number of hydrogen-bond acceptors (Lipinski definition) is 3. The predicted molar refractivity (Wildman–Crippen MR) is 83.3 cm³/mol. The number of rotatable bonds is 2. The van der Waals surface area contributed by atoms with Gasteiger partial charge in [-0.15, -0.1) is 0 Å². The van der Waals surface area contributed by atoms with E-state index >= 15 is 0 Å². The van der Waals surface area contributed by atoms with Crippen LogP contribution in [-0.4, -0.2) is 18.2 Å². The summed E-state index contributed by atoms with van der Waals surface area (Å²) in [6.45, 7) is 2.30. The van der Waals surface area contributed by atoms with Gasteiger partial charge in [-0.3, -0.25) is 0 Å². The normalized spacial score (nSPS) is 42.4. The van der Waals surface area contributed by atoms with Crippen LogP contribution < -0.4 is 0 Å². The van der Waals surface area contributed by atoms with Gasteiger partial charge in [-0.1, -0.05) is 25.5 Å². The Labute approximate surface area is 131 Å². The van der Waals surface area contributed by atoms with Crippen LogP contribution in [0.2, 0.25) is 0 Å². The molecule has 0 heterocycles. The van der Waals surface area contributed by atoms with E-state index in [0.717, 1.165) is 12.0 Å². The highest BCUT2D eigenvalue weighted by molar-refractivity contribution is 5.89. The molecule has 3 aliphatic rings. The lowest BCUT2D eigenvalue weighted by Crippen LogP contribution is -2.73. The second kappa shape index (κ2) is 4.58. The van der Waals surface area contributed by atoms with Gasteiger partial charge in [0.05, 0.1) is 18.3 Å². The SMILES string of the molecule is COC(=O)c1ccc(C2(O)C3CCC4CCCC3C42C)cc1. The van der Waals surface area contributed by atoms with Crippen molar-refractivity contribution >= 4 is 5.97 Å². The molecule has 4 rings (SSSR count). The van der Waals surface area contributed by atoms with Crippen LogP contribution in [0.5, 0.6) is 0 Å². The Kier molecular flexibility index (Phi) is 2.96. The maximum absolute atomic E-state index is 11.6. The highest BCUT2D eigenvalue weighted by Gasteiger charge is 2.74. The molecule has 0 aliphatic heterocycles. The Balaban J connectivity index is 1.72. The van der Waals surface area contributed by atoms with Crippen molar-refractivity contribution in [2.24, 2.45) is 23.2 Å². The number of carbonyl (C=O) groups excluding carboxylic acids is 1. The zero-order chi connectivity index (χ0) is 15.5. The number of hydrogen-bond donors (Lipinski definition) is 1. The number of esters is 1. The van der Waals surface area contributed by atoms with Crippen molar-refractivity contribution < 1.29 is 14.6 Å². The fourth-order valence-electron chi connectivity index (χ4n) is 6.03. The lowest BCUT2D eigenvalue weighted by Gasteiger charge is -2.74. The molecule has 22 heavy (non-hydrogen) atoms. The highest BCUT2D eigenvalue weighted by Crippen LogP contribution is 2.75. The van der Waals surface area contributed by atoms with E-state index in [1.54, 1.807) is 12.1 Å². The van der Waals surface area contributed by atoms with E-state index in [1.807, 2.05) is 12.1 Å². The van der Waals surface area contributed by atoms with Gasteiger partial charge in [-0.25, -0.2) is 4.79 Å². The van der Waals surface area contributed by atoms with Gasteiger partial charge in [-0.05, 0) is 61.1 Å². The number of carbonyl (C=O) groups is 1. The lowest BCUT2D eigenvalue weighted by molar-refractivity contribution is -0.328. The summed E-state index contributed by atoms with van der Waals surface area (Å²) in [5.74, 6) is 1.38. The van der Waals surface area contributed by atoms with Gasteiger partial charge in [0.2, 0.25) is 0 Å². The molecule has 5 unspecified atom stereocenters. The summed E-state index contributed by atoms with van der Waals surface area (Å²) in [6.07, 6.45) is 6.24. The molecule has 3 saturated carbocycles. The molecule has 118 valence electrons. The zero-order valence-electron chi connectivity index (χ0n) is 13.3. The average Bonchev–Trinajstić information content (AvgIpc) is 2.53. The first kappa shape index (κ1) is 14.3. The largest absolute Gasteiger partial charge is 0.465 e. The molecule has 3 heteroatoms. The molecule has 1 aromatic rings. The molecule has 0 spiro atoms. The summed E-state index contributed by atoms with van der Waals surface area (Å²) >= 11 is 0. The van der Waals surface area contributed by atoms with Crippen molar-refractivity contribution in [1.29, 1.82) is 0 Å². The summed E-state index contributed by atoms with van der Waals surface area (Å²) in [5, 5.41) is 11.6. The van der Waals surface area contributed by atoms with Crippen LogP contribution in [0.1, 0.15) is 54.9 Å². The molecular formula is C19H24O3. The van der Waals surface area contributed by atoms with Crippen molar-refractivity contribution in [3.8, 4) is 0 Å². The van der Waals surface area contributed by atoms with Gasteiger partial charge in [0.1, 0.15) is 0 Å². The van der Waals surface area contributed by atoms with E-state index in [1.165, 1.54) is 32.8 Å². The second-order valence-corrected chi connectivity index (χ2v) is 7.54. The van der Waals surface area contributed by atoms with Crippen molar-refractivity contribution in [2.75, 3.05) is 7.11 Å². The van der Waals surface area contributed by atoms with Crippen LogP contribution in [0, 0.1) is 23.2 Å². The fraction of sp³-hybridized carbons (Fsp3) is 0.632. The topological polar surface area (TPSA) is 46.5 Å². The first-order valence-electron chi connectivity index (χ1n) is 8.44. The Morgan fingerprint density at radius 1 is 1.14 bits per heavy atom. The molecule has 0 radical (unpaired) electrons. The number of ether oxygens (including phenoxy) is 1. The van der Waals surface area contributed by atoms with Crippen LogP contribution in [0.4, 0.5) is 0 Å². The van der Waals surface area contributed by atoms with Crippen LogP contribution >= 0.6 is 0 Å². The van der Waals surface area contributed by atoms with Crippen molar-refractivity contribution in [1.82, 2.24) is 0 Å². The molecule has 3 fully saturated rings. The van der Waals surface area contributed by atoms with E-state index in [0.29, 0.717) is 23.3 Å². The Hall–Kier alpha value is -1.35. The monoisotopic (exact) mass is 300 g/mol. The molecule has 2 bridgehead atoms. The van der Waals surface area contributed by atoms with Crippen LogP contribution in [0.15, 0.2) is 24.3 Å². The van der Waals surface area contributed by atoms with Gasteiger partial charge in [0.25, 0.3) is 0 Å². The van der Waals surface area contributed by atoms with Gasteiger partial charge >= 0.3 is 5.97 Å². The minimum absolute atomic E-state index is 0.0148. The van der Waals surface area contributed by atoms with Crippen LogP contribution in [0.25, 0.3) is 0 Å². The number of fused-ring (bicyclic) bond motifs is 2. The highest BCUT2D eigenvalue weighted by atomic mass is 16.5. The minimum atomic E-state index is -0.713. The minimum Gasteiger partial charge on any atom is -0.465 e. The molecule has 0 amide bonds. The van der Waals surface area contributed by atoms with Gasteiger partial charge in [0, 0.05) is 5.41 Å². The first-order chi connectivity index (χ1) is 10.5. The number of methoxy groups -OCH3 is 1. The molecule has 3 aliphatic carbocycles. The summed E-state index contributed by atoms with van der Waals surface area (Å²) in [6, 6.07) is 7.42. The molecular weight excluding hydrogens is 276 g/mol. The summed E-state index contributed by atoms with van der Waals surface area (Å²) in [4.78, 5) is 11.6. The first-order valence-corrected chi connectivity index (χ1v) is 8.44. The van der Waals surface area contributed by atoms with Crippen LogP contribution in [-0.2, 0) is 10.3 Å². The Morgan fingerprint density at radius 3 is 2.50 bits per heavy atom. The maximum atomic E-state index is 11.6. The van der Waals surface area contributed by atoms with E-state index in [-0.39, 0.29) is 11.4 Å². The van der Waals surface area contributed by atoms with Crippen molar-refractivity contribution in [2.45, 2.75) is 44.6 Å². The summed E-state index contributed by atoms with van der Waals surface area (Å²) < 4.78 is 4.76. The zero-order valence-corrected chi connectivity index (χ0v) is 13.3. The van der Waals surface area contributed by atoms with Gasteiger partial charge in [0.15, 0.2) is 0 Å². The summed E-state index contributed by atoms with van der Waals surface area (Å²) in [7, 11) is 1.39. The van der Waals surface area contributed by atoms with Gasteiger partial charge in [-0.2, -0.15) is 0 Å². The molecule has 1 aromatic carbocycles. The quantitative estimate of drug-likeness (QED) is 0.850. The molecule has 0 aromatic heterocycles. The Bertz CT molecular complexity index is 597. The average molecular weight is 300 g/mol. The lowest BCUT2D eigenvalue weighted by atomic mass is 9.32. The van der Waals surface area contributed by atoms with Gasteiger partial charge < -0.3 is 9.84 Å². The third kappa shape index (κ3) is 1.48. The predicted octanol–water partition coefficient (Wildman–Crippen LogP) is 3.51. The Morgan fingerprint density at radius 2 is 1.86 bits per heavy atom. The molecule has 1 N–H and O–H groups in total. The number of aliphatic hydroxyl groups is 1. The van der Waals surface area contributed by atoms with Crippen LogP contribution in [0.3, 0.4) is 0 Å². The van der Waals surface area contributed by atoms with E-state index in [4.69, 9.17) is 4.74 Å².